The van der Waals surface area contributed by atoms with Crippen LogP contribution < -0.4 is 15.8 Å². The van der Waals surface area contributed by atoms with E-state index in [4.69, 9.17) is 10.5 Å². The van der Waals surface area contributed by atoms with Crippen LogP contribution in [0.3, 0.4) is 0 Å². The van der Waals surface area contributed by atoms with Gasteiger partial charge in [0.1, 0.15) is 12.4 Å². The smallest absolute Gasteiger partial charge is 0.119 e. The molecule has 3 nitrogen and oxygen atoms in total. The van der Waals surface area contributed by atoms with E-state index in [-0.39, 0.29) is 0 Å². The van der Waals surface area contributed by atoms with Crippen LogP contribution in [-0.4, -0.2) is 12.6 Å². The molecule has 0 saturated heterocycles. The van der Waals surface area contributed by atoms with Crippen molar-refractivity contribution in [3.05, 3.63) is 41.2 Å². The largest absolute Gasteiger partial charge is 0.491 e. The molecule has 18 heavy (non-hydrogen) atoms. The molecule has 3 heteroatoms. The summed E-state index contributed by atoms with van der Waals surface area (Å²) in [5.41, 5.74) is 8.34. The van der Waals surface area contributed by atoms with Gasteiger partial charge < -0.3 is 15.8 Å². The van der Waals surface area contributed by atoms with Crippen molar-refractivity contribution in [1.29, 1.82) is 0 Å². The number of nitrogens with two attached hydrogens (primary N) is 1. The Kier molecular flexibility index (Phi) is 3.80. The molecule has 98 valence electrons. The van der Waals surface area contributed by atoms with E-state index < -0.39 is 0 Å². The zero-order valence-electron chi connectivity index (χ0n) is 11.4. The molecule has 1 aliphatic rings. The minimum absolute atomic E-state index is 0.301. The summed E-state index contributed by atoms with van der Waals surface area (Å²) >= 11 is 0. The van der Waals surface area contributed by atoms with Gasteiger partial charge in [0.15, 0.2) is 0 Å². The van der Waals surface area contributed by atoms with Gasteiger partial charge in [-0.1, -0.05) is 19.9 Å². The van der Waals surface area contributed by atoms with E-state index in [1.807, 2.05) is 12.1 Å². The molecule has 2 rings (SSSR count). The lowest BCUT2D eigenvalue weighted by atomic mass is 9.98. The van der Waals surface area contributed by atoms with Crippen LogP contribution >= 0.6 is 0 Å². The second kappa shape index (κ2) is 5.34. The van der Waals surface area contributed by atoms with Crippen molar-refractivity contribution >= 4 is 0 Å². The van der Waals surface area contributed by atoms with Crippen molar-refractivity contribution in [2.75, 3.05) is 6.61 Å². The van der Waals surface area contributed by atoms with Crippen LogP contribution in [0, 0.1) is 6.92 Å². The lowest BCUT2D eigenvalue weighted by Crippen LogP contribution is -2.31. The van der Waals surface area contributed by atoms with Gasteiger partial charge >= 0.3 is 0 Å². The van der Waals surface area contributed by atoms with E-state index in [0.717, 1.165) is 18.0 Å². The Labute approximate surface area is 109 Å². The highest BCUT2D eigenvalue weighted by atomic mass is 16.5. The van der Waals surface area contributed by atoms with Crippen LogP contribution in [0.5, 0.6) is 5.75 Å². The first kappa shape index (κ1) is 12.8. The van der Waals surface area contributed by atoms with E-state index >= 15 is 0 Å². The first-order chi connectivity index (χ1) is 8.56. The van der Waals surface area contributed by atoms with E-state index in [0.29, 0.717) is 18.6 Å². The summed E-state index contributed by atoms with van der Waals surface area (Å²) in [6.45, 7) is 7.20. The van der Waals surface area contributed by atoms with Crippen molar-refractivity contribution in [3.8, 4) is 5.75 Å². The Bertz CT molecular complexity index is 452. The Morgan fingerprint density at radius 2 is 2.22 bits per heavy atom. The fraction of sp³-hybridized carbons (Fsp3) is 0.467. The SMILES string of the molecule is Cc1cc(OCC2CC=C(N)N2)ccc1C(C)C. The van der Waals surface area contributed by atoms with Gasteiger partial charge in [-0.05, 0) is 48.6 Å². The Morgan fingerprint density at radius 3 is 2.78 bits per heavy atom. The van der Waals surface area contributed by atoms with E-state index in [1.165, 1.54) is 11.1 Å². The van der Waals surface area contributed by atoms with E-state index in [1.54, 1.807) is 0 Å². The average molecular weight is 246 g/mol. The minimum Gasteiger partial charge on any atom is -0.491 e. The van der Waals surface area contributed by atoms with Crippen LogP contribution in [0.2, 0.25) is 0 Å². The van der Waals surface area contributed by atoms with Gasteiger partial charge in [0.2, 0.25) is 0 Å². The third kappa shape index (κ3) is 2.97. The Balaban J connectivity index is 1.92. The van der Waals surface area contributed by atoms with Crippen molar-refractivity contribution in [2.24, 2.45) is 5.73 Å². The van der Waals surface area contributed by atoms with Gasteiger partial charge in [-0.25, -0.2) is 0 Å². The molecule has 1 unspecified atom stereocenters. The third-order valence-electron chi connectivity index (χ3n) is 3.31. The number of hydrogen-bond acceptors (Lipinski definition) is 3. The molecule has 1 atom stereocenters. The zero-order valence-corrected chi connectivity index (χ0v) is 11.4. The molecule has 0 radical (unpaired) electrons. The monoisotopic (exact) mass is 246 g/mol. The molecule has 1 heterocycles. The summed E-state index contributed by atoms with van der Waals surface area (Å²) in [5.74, 6) is 2.25. The molecule has 3 N–H and O–H groups in total. The summed E-state index contributed by atoms with van der Waals surface area (Å²) in [4.78, 5) is 0. The number of hydrogen-bond donors (Lipinski definition) is 2. The molecule has 0 aliphatic carbocycles. The highest BCUT2D eigenvalue weighted by Gasteiger charge is 2.14. The maximum atomic E-state index is 5.80. The molecular weight excluding hydrogens is 224 g/mol. The van der Waals surface area contributed by atoms with Gasteiger partial charge in [-0.3, -0.25) is 0 Å². The van der Waals surface area contributed by atoms with Gasteiger partial charge in [0.05, 0.1) is 11.9 Å². The lowest BCUT2D eigenvalue weighted by Gasteiger charge is -2.15. The molecule has 0 saturated carbocycles. The summed E-state index contributed by atoms with van der Waals surface area (Å²) < 4.78 is 5.80. The third-order valence-corrected chi connectivity index (χ3v) is 3.31. The average Bonchev–Trinajstić information content (AvgIpc) is 2.72. The van der Waals surface area contributed by atoms with Crippen LogP contribution in [0.1, 0.15) is 37.3 Å². The zero-order chi connectivity index (χ0) is 13.1. The lowest BCUT2D eigenvalue weighted by molar-refractivity contribution is 0.278. The predicted molar refractivity (Wildman–Crippen MR) is 74.6 cm³/mol. The van der Waals surface area contributed by atoms with Crippen LogP contribution in [-0.2, 0) is 0 Å². The van der Waals surface area contributed by atoms with Crippen molar-refractivity contribution < 1.29 is 4.74 Å². The van der Waals surface area contributed by atoms with Crippen molar-refractivity contribution in [1.82, 2.24) is 5.32 Å². The molecular formula is C15H22N2O. The number of nitrogens with one attached hydrogen (secondary N) is 1. The normalized spacial score (nSPS) is 18.7. The highest BCUT2D eigenvalue weighted by molar-refractivity contribution is 5.36. The maximum absolute atomic E-state index is 5.80. The second-order valence-electron chi connectivity index (χ2n) is 5.22. The van der Waals surface area contributed by atoms with Gasteiger partial charge in [0, 0.05) is 0 Å². The Hall–Kier alpha value is -1.64. The number of aryl methyl sites for hydroxylation is 1. The van der Waals surface area contributed by atoms with Crippen LogP contribution in [0.25, 0.3) is 0 Å². The van der Waals surface area contributed by atoms with Gasteiger partial charge in [0.25, 0.3) is 0 Å². The molecule has 1 aromatic rings. The van der Waals surface area contributed by atoms with Crippen LogP contribution in [0.15, 0.2) is 30.1 Å². The molecule has 0 aromatic heterocycles. The van der Waals surface area contributed by atoms with Crippen LogP contribution in [0.4, 0.5) is 0 Å². The van der Waals surface area contributed by atoms with Crippen molar-refractivity contribution in [3.63, 3.8) is 0 Å². The summed E-state index contributed by atoms with van der Waals surface area (Å²) in [6.07, 6.45) is 2.94. The molecule has 0 fully saturated rings. The van der Waals surface area contributed by atoms with Gasteiger partial charge in [-0.15, -0.1) is 0 Å². The summed E-state index contributed by atoms with van der Waals surface area (Å²) in [6, 6.07) is 6.62. The van der Waals surface area contributed by atoms with Gasteiger partial charge in [-0.2, -0.15) is 0 Å². The minimum atomic E-state index is 0.301. The topological polar surface area (TPSA) is 47.3 Å². The number of benzene rings is 1. The predicted octanol–water partition coefficient (Wildman–Crippen LogP) is 2.66. The quantitative estimate of drug-likeness (QED) is 0.858. The first-order valence-corrected chi connectivity index (χ1v) is 6.51. The molecule has 0 bridgehead atoms. The molecule has 1 aliphatic heterocycles. The van der Waals surface area contributed by atoms with Crippen molar-refractivity contribution in [2.45, 2.75) is 39.2 Å². The molecule has 0 spiro atoms. The number of rotatable bonds is 4. The summed E-state index contributed by atoms with van der Waals surface area (Å²) in [5, 5.41) is 3.18. The molecule has 1 aromatic carbocycles. The maximum Gasteiger partial charge on any atom is 0.119 e. The highest BCUT2D eigenvalue weighted by Crippen LogP contribution is 2.23. The summed E-state index contributed by atoms with van der Waals surface area (Å²) in [7, 11) is 0. The number of ether oxygens (including phenoxy) is 1. The first-order valence-electron chi connectivity index (χ1n) is 6.51. The fourth-order valence-electron chi connectivity index (χ4n) is 2.32. The molecule has 0 amide bonds. The standard InChI is InChI=1S/C15H22N2O/c1-10(2)14-6-5-13(8-11(14)3)18-9-12-4-7-15(16)17-12/h5-8,10,12,17H,4,9,16H2,1-3H3. The Morgan fingerprint density at radius 1 is 1.44 bits per heavy atom. The van der Waals surface area contributed by atoms with E-state index in [9.17, 15) is 0 Å². The van der Waals surface area contributed by atoms with E-state index in [2.05, 4.69) is 38.2 Å². The fourth-order valence-corrected chi connectivity index (χ4v) is 2.32. The second-order valence-corrected chi connectivity index (χ2v) is 5.22.